The van der Waals surface area contributed by atoms with Gasteiger partial charge in [-0.2, -0.15) is 0 Å². The van der Waals surface area contributed by atoms with Crippen molar-refractivity contribution in [1.82, 2.24) is 10.5 Å². The minimum Gasteiger partial charge on any atom is -0.338 e. The Morgan fingerprint density at radius 2 is 1.78 bits per heavy atom. The molecule has 1 aliphatic heterocycles. The number of hydrogen-bond donors (Lipinski definition) is 1. The lowest BCUT2D eigenvalue weighted by Crippen LogP contribution is -2.31. The Kier molecular flexibility index (Phi) is 4.42. The largest absolute Gasteiger partial charge is 0.338 e. The molecule has 0 saturated heterocycles. The van der Waals surface area contributed by atoms with Crippen molar-refractivity contribution in [1.29, 1.82) is 0 Å². The highest BCUT2D eigenvalue weighted by atomic mass is 16.5. The van der Waals surface area contributed by atoms with Crippen LogP contribution in [-0.2, 0) is 19.5 Å². The van der Waals surface area contributed by atoms with Crippen LogP contribution in [0.2, 0.25) is 0 Å². The van der Waals surface area contributed by atoms with Gasteiger partial charge in [0.1, 0.15) is 5.69 Å². The fourth-order valence-electron chi connectivity index (χ4n) is 3.92. The summed E-state index contributed by atoms with van der Waals surface area (Å²) in [6, 6.07) is 19.1. The Hall–Kier alpha value is -2.59. The molecule has 0 unspecified atom stereocenters. The Morgan fingerprint density at radius 3 is 2.59 bits per heavy atom. The van der Waals surface area contributed by atoms with Crippen LogP contribution in [0.15, 0.2) is 59.1 Å². The number of benzene rings is 2. The van der Waals surface area contributed by atoms with Gasteiger partial charge < -0.3 is 14.7 Å². The molecule has 27 heavy (non-hydrogen) atoms. The van der Waals surface area contributed by atoms with Gasteiger partial charge in [-0.25, -0.2) is 0 Å². The number of aromatic nitrogens is 1. The van der Waals surface area contributed by atoms with E-state index >= 15 is 0 Å². The molecule has 0 radical (unpaired) electrons. The number of hydrogen-bond acceptors (Lipinski definition) is 4. The Bertz CT molecular complexity index is 914. The van der Waals surface area contributed by atoms with Crippen molar-refractivity contribution in [2.45, 2.75) is 32.4 Å². The second-order valence-electron chi connectivity index (χ2n) is 7.70. The molecule has 1 aromatic heterocycles. The summed E-state index contributed by atoms with van der Waals surface area (Å²) in [5.41, 5.74) is 6.10. The van der Waals surface area contributed by atoms with Crippen molar-refractivity contribution in [2.24, 2.45) is 5.92 Å². The molecule has 0 amide bonds. The van der Waals surface area contributed by atoms with Gasteiger partial charge in [0.2, 0.25) is 5.88 Å². The first-order chi connectivity index (χ1) is 13.4. The van der Waals surface area contributed by atoms with Crippen LogP contribution in [0, 0.1) is 5.92 Å². The van der Waals surface area contributed by atoms with E-state index in [1.54, 1.807) is 0 Å². The molecule has 0 atom stereocenters. The lowest BCUT2D eigenvalue weighted by Gasteiger charge is -2.28. The third kappa shape index (κ3) is 3.50. The lowest BCUT2D eigenvalue weighted by molar-refractivity contribution is 0.413. The van der Waals surface area contributed by atoms with E-state index in [0.717, 1.165) is 55.7 Å². The summed E-state index contributed by atoms with van der Waals surface area (Å²) in [6.45, 7) is 3.74. The van der Waals surface area contributed by atoms with Crippen LogP contribution in [0.25, 0.3) is 11.3 Å². The minimum absolute atomic E-state index is 0.803. The summed E-state index contributed by atoms with van der Waals surface area (Å²) in [5.74, 6) is 1.78. The summed E-state index contributed by atoms with van der Waals surface area (Å²) in [4.78, 5) is 2.34. The molecular formula is C23H25N3O. The number of nitrogens with zero attached hydrogens (tertiary/aromatic N) is 2. The van der Waals surface area contributed by atoms with Gasteiger partial charge in [0.25, 0.3) is 0 Å². The minimum atomic E-state index is 0.803. The van der Waals surface area contributed by atoms with Crippen LogP contribution in [0.4, 0.5) is 5.88 Å². The molecule has 4 heteroatoms. The Balaban J connectivity index is 1.45. The zero-order valence-corrected chi connectivity index (χ0v) is 15.5. The summed E-state index contributed by atoms with van der Waals surface area (Å²) in [6.07, 6.45) is 3.77. The van der Waals surface area contributed by atoms with Crippen molar-refractivity contribution in [2.75, 3.05) is 18.0 Å². The third-order valence-corrected chi connectivity index (χ3v) is 5.66. The van der Waals surface area contributed by atoms with Gasteiger partial charge >= 0.3 is 0 Å². The summed E-state index contributed by atoms with van der Waals surface area (Å²) in [5, 5.41) is 8.11. The molecule has 0 spiro atoms. The van der Waals surface area contributed by atoms with Crippen LogP contribution < -0.4 is 10.2 Å². The normalized spacial score (nSPS) is 16.4. The molecule has 1 fully saturated rings. The van der Waals surface area contributed by atoms with E-state index in [0.29, 0.717) is 0 Å². The van der Waals surface area contributed by atoms with Gasteiger partial charge in [-0.05, 0) is 42.9 Å². The van der Waals surface area contributed by atoms with Crippen LogP contribution in [-0.4, -0.2) is 18.2 Å². The molecule has 2 aliphatic rings. The maximum Gasteiger partial charge on any atom is 0.232 e. The maximum absolute atomic E-state index is 5.91. The summed E-state index contributed by atoms with van der Waals surface area (Å²) < 4.78 is 5.91. The van der Waals surface area contributed by atoms with Crippen molar-refractivity contribution in [3.8, 4) is 11.3 Å². The smallest absolute Gasteiger partial charge is 0.232 e. The van der Waals surface area contributed by atoms with Gasteiger partial charge in [-0.3, -0.25) is 0 Å². The molecule has 2 heterocycles. The first-order valence-corrected chi connectivity index (χ1v) is 9.95. The van der Waals surface area contributed by atoms with Gasteiger partial charge in [-0.15, -0.1) is 0 Å². The van der Waals surface area contributed by atoms with Crippen molar-refractivity contribution < 1.29 is 4.52 Å². The predicted molar refractivity (Wildman–Crippen MR) is 108 cm³/mol. The first kappa shape index (κ1) is 16.6. The van der Waals surface area contributed by atoms with E-state index in [9.17, 15) is 0 Å². The highest BCUT2D eigenvalue weighted by molar-refractivity contribution is 5.68. The molecular weight excluding hydrogens is 334 g/mol. The maximum atomic E-state index is 5.91. The molecule has 4 nitrogen and oxygen atoms in total. The van der Waals surface area contributed by atoms with Gasteiger partial charge in [-0.1, -0.05) is 59.8 Å². The SMILES string of the molecule is c1ccc(-c2noc(N3CCc4ccccc4C3)c2CNCC2CC2)cc1. The zero-order chi connectivity index (χ0) is 18.1. The van der Waals surface area contributed by atoms with E-state index in [1.165, 1.54) is 29.5 Å². The molecule has 138 valence electrons. The van der Waals surface area contributed by atoms with Crippen LogP contribution in [0.5, 0.6) is 0 Å². The number of rotatable bonds is 6. The fourth-order valence-corrected chi connectivity index (χ4v) is 3.92. The summed E-state index contributed by atoms with van der Waals surface area (Å²) >= 11 is 0. The molecule has 1 saturated carbocycles. The van der Waals surface area contributed by atoms with Crippen LogP contribution in [0.3, 0.4) is 0 Å². The second-order valence-corrected chi connectivity index (χ2v) is 7.70. The highest BCUT2D eigenvalue weighted by Crippen LogP contribution is 2.34. The first-order valence-electron chi connectivity index (χ1n) is 9.95. The third-order valence-electron chi connectivity index (χ3n) is 5.66. The monoisotopic (exact) mass is 359 g/mol. The molecule has 1 N–H and O–H groups in total. The van der Waals surface area contributed by atoms with Crippen molar-refractivity contribution >= 4 is 5.88 Å². The Morgan fingerprint density at radius 1 is 1.00 bits per heavy atom. The quantitative estimate of drug-likeness (QED) is 0.708. The van der Waals surface area contributed by atoms with Crippen molar-refractivity contribution in [3.63, 3.8) is 0 Å². The molecule has 2 aromatic carbocycles. The average molecular weight is 359 g/mol. The van der Waals surface area contributed by atoms with E-state index in [2.05, 4.69) is 63.9 Å². The molecule has 0 bridgehead atoms. The van der Waals surface area contributed by atoms with E-state index in [1.807, 2.05) is 6.07 Å². The van der Waals surface area contributed by atoms with Crippen LogP contribution in [0.1, 0.15) is 29.5 Å². The lowest BCUT2D eigenvalue weighted by atomic mass is 9.99. The molecule has 1 aliphatic carbocycles. The molecule has 5 rings (SSSR count). The standard InChI is InChI=1S/C23H25N3O/c1-2-7-19(8-3-1)22-21(15-24-14-17-10-11-17)23(27-25-22)26-13-12-18-6-4-5-9-20(18)16-26/h1-9,17,24H,10-16H2. The van der Waals surface area contributed by atoms with Crippen molar-refractivity contribution in [3.05, 3.63) is 71.3 Å². The molecule has 3 aromatic rings. The van der Waals surface area contributed by atoms with Crippen LogP contribution >= 0.6 is 0 Å². The highest BCUT2D eigenvalue weighted by Gasteiger charge is 2.26. The number of fused-ring (bicyclic) bond motifs is 1. The van der Waals surface area contributed by atoms with E-state index < -0.39 is 0 Å². The fraction of sp³-hybridized carbons (Fsp3) is 0.348. The second kappa shape index (κ2) is 7.20. The Labute approximate surface area is 160 Å². The zero-order valence-electron chi connectivity index (χ0n) is 15.5. The summed E-state index contributed by atoms with van der Waals surface area (Å²) in [7, 11) is 0. The van der Waals surface area contributed by atoms with Gasteiger partial charge in [0.05, 0.1) is 5.56 Å². The van der Waals surface area contributed by atoms with Gasteiger partial charge in [0, 0.05) is 25.2 Å². The topological polar surface area (TPSA) is 41.3 Å². The van der Waals surface area contributed by atoms with E-state index in [-0.39, 0.29) is 0 Å². The van der Waals surface area contributed by atoms with Gasteiger partial charge in [0.15, 0.2) is 0 Å². The predicted octanol–water partition coefficient (Wildman–Crippen LogP) is 4.40. The number of nitrogens with one attached hydrogen (secondary N) is 1. The average Bonchev–Trinajstić information content (AvgIpc) is 3.46. The number of anilines is 1. The van der Waals surface area contributed by atoms with E-state index in [4.69, 9.17) is 4.52 Å².